The van der Waals surface area contributed by atoms with E-state index in [9.17, 15) is 14.7 Å². The van der Waals surface area contributed by atoms with Crippen molar-refractivity contribution in [2.24, 2.45) is 5.41 Å². The average molecular weight is 372 g/mol. The Hall–Kier alpha value is -2.27. The Labute approximate surface area is 159 Å². The van der Waals surface area contributed by atoms with Gasteiger partial charge in [-0.15, -0.1) is 11.8 Å². The molecule has 0 spiro atoms. The highest BCUT2D eigenvalue weighted by atomic mass is 32.2. The van der Waals surface area contributed by atoms with E-state index in [0.717, 1.165) is 27.3 Å². The highest BCUT2D eigenvalue weighted by Crippen LogP contribution is 2.28. The lowest BCUT2D eigenvalue weighted by Gasteiger charge is -2.22. The summed E-state index contributed by atoms with van der Waals surface area (Å²) in [6.45, 7) is 7.19. The number of aryl methyl sites for hydroxylation is 2. The van der Waals surface area contributed by atoms with E-state index in [2.05, 4.69) is 5.32 Å². The van der Waals surface area contributed by atoms with Crippen LogP contribution in [0, 0.1) is 19.3 Å². The summed E-state index contributed by atoms with van der Waals surface area (Å²) in [5.74, 6) is -1.09. The number of aliphatic carboxylic acids is 1. The van der Waals surface area contributed by atoms with Crippen LogP contribution in [-0.4, -0.2) is 23.2 Å². The second-order valence-electron chi connectivity index (χ2n) is 7.17. The van der Waals surface area contributed by atoms with Gasteiger partial charge in [-0.3, -0.25) is 9.59 Å². The van der Waals surface area contributed by atoms with Crippen molar-refractivity contribution in [2.45, 2.75) is 39.0 Å². The SMILES string of the molecule is CSc1cccc(NC(=O)c2c(C)cc(C)cc2CC(C)(C)C(=O)O)c1. The van der Waals surface area contributed by atoms with E-state index in [-0.39, 0.29) is 5.91 Å². The molecule has 2 N–H and O–H groups in total. The minimum Gasteiger partial charge on any atom is -0.481 e. The van der Waals surface area contributed by atoms with Crippen molar-refractivity contribution in [1.82, 2.24) is 0 Å². The summed E-state index contributed by atoms with van der Waals surface area (Å²) in [5, 5.41) is 12.4. The predicted molar refractivity (Wildman–Crippen MR) is 107 cm³/mol. The monoisotopic (exact) mass is 371 g/mol. The quantitative estimate of drug-likeness (QED) is 0.707. The molecule has 0 unspecified atom stereocenters. The number of carboxylic acid groups (broad SMARTS) is 1. The smallest absolute Gasteiger partial charge is 0.309 e. The number of anilines is 1. The molecule has 0 aliphatic heterocycles. The fraction of sp³-hybridized carbons (Fsp3) is 0.333. The van der Waals surface area contributed by atoms with Gasteiger partial charge in [-0.2, -0.15) is 0 Å². The Morgan fingerprint density at radius 2 is 1.85 bits per heavy atom. The number of rotatable bonds is 6. The van der Waals surface area contributed by atoms with Crippen LogP contribution >= 0.6 is 11.8 Å². The summed E-state index contributed by atoms with van der Waals surface area (Å²) < 4.78 is 0. The number of hydrogen-bond donors (Lipinski definition) is 2. The van der Waals surface area contributed by atoms with Crippen molar-refractivity contribution >= 4 is 29.3 Å². The van der Waals surface area contributed by atoms with Crippen molar-refractivity contribution in [1.29, 1.82) is 0 Å². The summed E-state index contributed by atoms with van der Waals surface area (Å²) in [6.07, 6.45) is 2.27. The van der Waals surface area contributed by atoms with Gasteiger partial charge in [0.15, 0.2) is 0 Å². The third kappa shape index (κ3) is 4.67. The van der Waals surface area contributed by atoms with Gasteiger partial charge < -0.3 is 10.4 Å². The maximum atomic E-state index is 13.0. The van der Waals surface area contributed by atoms with Crippen LogP contribution in [0.5, 0.6) is 0 Å². The Morgan fingerprint density at radius 1 is 1.15 bits per heavy atom. The normalized spacial score (nSPS) is 11.3. The van der Waals surface area contributed by atoms with Gasteiger partial charge in [0.25, 0.3) is 5.91 Å². The zero-order valence-corrected chi connectivity index (χ0v) is 16.7. The molecule has 0 atom stereocenters. The van der Waals surface area contributed by atoms with E-state index in [1.807, 2.05) is 56.5 Å². The van der Waals surface area contributed by atoms with Crippen LogP contribution in [-0.2, 0) is 11.2 Å². The van der Waals surface area contributed by atoms with Gasteiger partial charge >= 0.3 is 5.97 Å². The molecule has 0 saturated carbocycles. The number of carboxylic acids is 1. The largest absolute Gasteiger partial charge is 0.481 e. The summed E-state index contributed by atoms with van der Waals surface area (Å²) in [7, 11) is 0. The molecular formula is C21H25NO3S. The summed E-state index contributed by atoms with van der Waals surface area (Å²) in [5.41, 5.74) is 2.95. The lowest BCUT2D eigenvalue weighted by atomic mass is 9.82. The van der Waals surface area contributed by atoms with E-state index in [0.29, 0.717) is 12.0 Å². The molecule has 4 nitrogen and oxygen atoms in total. The zero-order valence-electron chi connectivity index (χ0n) is 15.8. The molecule has 5 heteroatoms. The number of hydrogen-bond acceptors (Lipinski definition) is 3. The first kappa shape index (κ1) is 20.0. The minimum atomic E-state index is -0.950. The first-order chi connectivity index (χ1) is 12.1. The van der Waals surface area contributed by atoms with E-state index >= 15 is 0 Å². The first-order valence-electron chi connectivity index (χ1n) is 8.43. The number of thioether (sulfide) groups is 1. The van der Waals surface area contributed by atoms with E-state index in [1.54, 1.807) is 25.6 Å². The van der Waals surface area contributed by atoms with Crippen LogP contribution in [0.2, 0.25) is 0 Å². The second kappa shape index (κ2) is 7.96. The van der Waals surface area contributed by atoms with Crippen LogP contribution in [0.15, 0.2) is 41.3 Å². The third-order valence-electron chi connectivity index (χ3n) is 4.33. The Morgan fingerprint density at radius 3 is 2.46 bits per heavy atom. The molecule has 138 valence electrons. The molecule has 0 fully saturated rings. The van der Waals surface area contributed by atoms with Gasteiger partial charge in [-0.25, -0.2) is 0 Å². The fourth-order valence-corrected chi connectivity index (χ4v) is 3.43. The first-order valence-corrected chi connectivity index (χ1v) is 9.65. The number of amides is 1. The third-order valence-corrected chi connectivity index (χ3v) is 5.05. The van der Waals surface area contributed by atoms with Crippen LogP contribution in [0.4, 0.5) is 5.69 Å². The van der Waals surface area contributed by atoms with Gasteiger partial charge in [-0.05, 0) is 69.7 Å². The molecule has 2 aromatic rings. The average Bonchev–Trinajstić information content (AvgIpc) is 2.53. The van der Waals surface area contributed by atoms with Crippen LogP contribution in [0.25, 0.3) is 0 Å². The van der Waals surface area contributed by atoms with Crippen molar-refractivity contribution in [3.05, 3.63) is 58.7 Å². The van der Waals surface area contributed by atoms with Crippen molar-refractivity contribution in [3.63, 3.8) is 0 Å². The van der Waals surface area contributed by atoms with Gasteiger partial charge in [0.1, 0.15) is 0 Å². The van der Waals surface area contributed by atoms with Crippen molar-refractivity contribution in [3.8, 4) is 0 Å². The number of carbonyl (C=O) groups excluding carboxylic acids is 1. The Balaban J connectivity index is 2.40. The number of benzene rings is 2. The van der Waals surface area contributed by atoms with Gasteiger partial charge in [0.2, 0.25) is 0 Å². The predicted octanol–water partition coefficient (Wildman–Crippen LogP) is 4.93. The van der Waals surface area contributed by atoms with Gasteiger partial charge in [0.05, 0.1) is 5.41 Å². The standard InChI is InChI=1S/C21H25NO3S/c1-13-9-14(2)18(15(10-13)12-21(3,4)20(24)25)19(23)22-16-7-6-8-17(11-16)26-5/h6-11H,12H2,1-5H3,(H,22,23)(H,24,25). The molecule has 0 radical (unpaired) electrons. The van der Waals surface area contributed by atoms with Crippen molar-refractivity contribution in [2.75, 3.05) is 11.6 Å². The summed E-state index contributed by atoms with van der Waals surface area (Å²) in [4.78, 5) is 25.6. The molecule has 0 saturated heterocycles. The topological polar surface area (TPSA) is 66.4 Å². The molecule has 1 amide bonds. The molecule has 0 aromatic heterocycles. The zero-order chi connectivity index (χ0) is 19.5. The molecule has 0 bridgehead atoms. The minimum absolute atomic E-state index is 0.211. The number of carbonyl (C=O) groups is 2. The lowest BCUT2D eigenvalue weighted by molar-refractivity contribution is -0.146. The number of nitrogens with one attached hydrogen (secondary N) is 1. The lowest BCUT2D eigenvalue weighted by Crippen LogP contribution is -2.28. The van der Waals surface area contributed by atoms with E-state index in [4.69, 9.17) is 0 Å². The molecule has 2 rings (SSSR count). The Kier molecular flexibility index (Phi) is 6.13. The molecule has 2 aromatic carbocycles. The Bertz CT molecular complexity index is 843. The molecular weight excluding hydrogens is 346 g/mol. The van der Waals surface area contributed by atoms with E-state index < -0.39 is 11.4 Å². The maximum absolute atomic E-state index is 13.0. The second-order valence-corrected chi connectivity index (χ2v) is 8.05. The molecule has 0 heterocycles. The summed E-state index contributed by atoms with van der Waals surface area (Å²) in [6, 6.07) is 11.5. The highest BCUT2D eigenvalue weighted by Gasteiger charge is 2.30. The maximum Gasteiger partial charge on any atom is 0.309 e. The van der Waals surface area contributed by atoms with Crippen LogP contribution < -0.4 is 5.32 Å². The van der Waals surface area contributed by atoms with Gasteiger partial charge in [-0.1, -0.05) is 23.8 Å². The molecule has 26 heavy (non-hydrogen) atoms. The molecule has 0 aliphatic carbocycles. The van der Waals surface area contributed by atoms with E-state index in [1.165, 1.54) is 0 Å². The highest BCUT2D eigenvalue weighted by molar-refractivity contribution is 7.98. The van der Waals surface area contributed by atoms with Crippen LogP contribution in [0.3, 0.4) is 0 Å². The van der Waals surface area contributed by atoms with Crippen LogP contribution in [0.1, 0.15) is 40.9 Å². The van der Waals surface area contributed by atoms with Gasteiger partial charge in [0, 0.05) is 16.1 Å². The fourth-order valence-electron chi connectivity index (χ4n) is 2.97. The van der Waals surface area contributed by atoms with Crippen molar-refractivity contribution < 1.29 is 14.7 Å². The summed E-state index contributed by atoms with van der Waals surface area (Å²) >= 11 is 1.61. The molecule has 0 aliphatic rings.